The Balaban J connectivity index is 0.00000200. The van der Waals surface area contributed by atoms with Gasteiger partial charge in [-0.3, -0.25) is 0 Å². The molecule has 1 fully saturated rings. The molecule has 0 aromatic heterocycles. The second kappa shape index (κ2) is 7.86. The maximum atomic E-state index is 12.8. The van der Waals surface area contributed by atoms with Crippen LogP contribution in [0, 0.1) is 5.92 Å². The summed E-state index contributed by atoms with van der Waals surface area (Å²) in [5, 5.41) is 6.43. The fourth-order valence-electron chi connectivity index (χ4n) is 2.45. The van der Waals surface area contributed by atoms with Crippen LogP contribution >= 0.6 is 12.4 Å². The third-order valence-electron chi connectivity index (χ3n) is 3.53. The lowest BCUT2D eigenvalue weighted by Crippen LogP contribution is -2.33. The molecule has 1 aromatic rings. The SMILES string of the molecule is Cl.FC(F)(F)c1ccccc1CNCC1CCNCC1. The van der Waals surface area contributed by atoms with Crippen molar-refractivity contribution in [2.24, 2.45) is 5.92 Å². The van der Waals surface area contributed by atoms with Crippen molar-refractivity contribution in [2.45, 2.75) is 25.6 Å². The Hall–Kier alpha value is -0.780. The molecule has 6 heteroatoms. The summed E-state index contributed by atoms with van der Waals surface area (Å²) in [7, 11) is 0. The van der Waals surface area contributed by atoms with Crippen molar-refractivity contribution in [3.05, 3.63) is 35.4 Å². The van der Waals surface area contributed by atoms with E-state index < -0.39 is 11.7 Å². The molecule has 0 radical (unpaired) electrons. The van der Waals surface area contributed by atoms with Crippen LogP contribution in [0.4, 0.5) is 13.2 Å². The summed E-state index contributed by atoms with van der Waals surface area (Å²) >= 11 is 0. The number of nitrogens with one attached hydrogen (secondary N) is 2. The second-order valence-corrected chi connectivity index (χ2v) is 4.98. The van der Waals surface area contributed by atoms with Gasteiger partial charge in [-0.1, -0.05) is 18.2 Å². The molecule has 0 aliphatic carbocycles. The van der Waals surface area contributed by atoms with E-state index in [4.69, 9.17) is 0 Å². The molecule has 114 valence electrons. The summed E-state index contributed by atoms with van der Waals surface area (Å²) in [5.74, 6) is 0.569. The largest absolute Gasteiger partial charge is 0.416 e. The van der Waals surface area contributed by atoms with E-state index in [-0.39, 0.29) is 19.0 Å². The van der Waals surface area contributed by atoms with Gasteiger partial charge in [0.2, 0.25) is 0 Å². The molecule has 20 heavy (non-hydrogen) atoms. The first-order valence-corrected chi connectivity index (χ1v) is 6.64. The molecule has 0 spiro atoms. The Morgan fingerprint density at radius 3 is 2.45 bits per heavy atom. The molecular formula is C14H20ClF3N2. The van der Waals surface area contributed by atoms with Crippen LogP contribution in [0.1, 0.15) is 24.0 Å². The highest BCUT2D eigenvalue weighted by atomic mass is 35.5. The molecule has 1 aliphatic heterocycles. The predicted octanol–water partition coefficient (Wildman–Crippen LogP) is 3.22. The van der Waals surface area contributed by atoms with Crippen molar-refractivity contribution in [3.63, 3.8) is 0 Å². The predicted molar refractivity (Wildman–Crippen MR) is 76.0 cm³/mol. The Labute approximate surface area is 123 Å². The summed E-state index contributed by atoms with van der Waals surface area (Å²) < 4.78 is 38.4. The molecule has 1 saturated heterocycles. The Bertz CT molecular complexity index is 404. The van der Waals surface area contributed by atoms with E-state index in [1.54, 1.807) is 6.07 Å². The number of rotatable bonds is 4. The first kappa shape index (κ1) is 17.3. The number of hydrogen-bond acceptors (Lipinski definition) is 2. The van der Waals surface area contributed by atoms with Crippen LogP contribution < -0.4 is 10.6 Å². The molecule has 0 atom stereocenters. The highest BCUT2D eigenvalue weighted by Gasteiger charge is 2.32. The fourth-order valence-corrected chi connectivity index (χ4v) is 2.45. The Morgan fingerprint density at radius 1 is 1.15 bits per heavy atom. The van der Waals surface area contributed by atoms with Gasteiger partial charge in [0.15, 0.2) is 0 Å². The van der Waals surface area contributed by atoms with Crippen LogP contribution in [0.15, 0.2) is 24.3 Å². The summed E-state index contributed by atoms with van der Waals surface area (Å²) in [6.45, 7) is 3.07. The van der Waals surface area contributed by atoms with Gasteiger partial charge in [-0.15, -0.1) is 12.4 Å². The third kappa shape index (κ3) is 4.96. The van der Waals surface area contributed by atoms with Crippen molar-refractivity contribution in [1.29, 1.82) is 0 Å². The Morgan fingerprint density at radius 2 is 1.80 bits per heavy atom. The summed E-state index contributed by atoms with van der Waals surface area (Å²) in [6.07, 6.45) is -2.09. The van der Waals surface area contributed by atoms with E-state index in [1.165, 1.54) is 12.1 Å². The molecule has 0 saturated carbocycles. The number of alkyl halides is 3. The molecule has 0 amide bonds. The van der Waals surface area contributed by atoms with Crippen LogP contribution in [0.3, 0.4) is 0 Å². The molecule has 1 aromatic carbocycles. The number of halogens is 4. The third-order valence-corrected chi connectivity index (χ3v) is 3.53. The van der Waals surface area contributed by atoms with Gasteiger partial charge in [-0.05, 0) is 50.0 Å². The van der Waals surface area contributed by atoms with Crippen LogP contribution in [-0.2, 0) is 12.7 Å². The van der Waals surface area contributed by atoms with E-state index in [1.807, 2.05) is 0 Å². The quantitative estimate of drug-likeness (QED) is 0.892. The maximum Gasteiger partial charge on any atom is 0.416 e. The molecule has 2 N–H and O–H groups in total. The van der Waals surface area contributed by atoms with E-state index >= 15 is 0 Å². The van der Waals surface area contributed by atoms with Crippen LogP contribution in [-0.4, -0.2) is 19.6 Å². The summed E-state index contributed by atoms with van der Waals surface area (Å²) in [4.78, 5) is 0. The van der Waals surface area contributed by atoms with Crippen LogP contribution in [0.5, 0.6) is 0 Å². The standard InChI is InChI=1S/C14H19F3N2.ClH/c15-14(16,17)13-4-2-1-3-12(13)10-19-9-11-5-7-18-8-6-11;/h1-4,11,18-19H,5-10H2;1H. The molecule has 0 bridgehead atoms. The van der Waals surface area contributed by atoms with E-state index in [2.05, 4.69) is 10.6 Å². The number of hydrogen-bond donors (Lipinski definition) is 2. The zero-order valence-electron chi connectivity index (χ0n) is 11.2. The summed E-state index contributed by atoms with van der Waals surface area (Å²) in [6, 6.07) is 5.76. The smallest absolute Gasteiger partial charge is 0.317 e. The van der Waals surface area contributed by atoms with Crippen molar-refractivity contribution in [2.75, 3.05) is 19.6 Å². The van der Waals surface area contributed by atoms with E-state index in [0.717, 1.165) is 38.5 Å². The molecule has 1 heterocycles. The molecular weight excluding hydrogens is 289 g/mol. The number of benzene rings is 1. The zero-order valence-corrected chi connectivity index (χ0v) is 12.0. The highest BCUT2D eigenvalue weighted by molar-refractivity contribution is 5.85. The van der Waals surface area contributed by atoms with Gasteiger partial charge < -0.3 is 10.6 Å². The average Bonchev–Trinajstić information content (AvgIpc) is 2.39. The topological polar surface area (TPSA) is 24.1 Å². The van der Waals surface area contributed by atoms with Gasteiger partial charge in [0.1, 0.15) is 0 Å². The first-order valence-electron chi connectivity index (χ1n) is 6.64. The van der Waals surface area contributed by atoms with Crippen molar-refractivity contribution >= 4 is 12.4 Å². The first-order chi connectivity index (χ1) is 9.07. The van der Waals surface area contributed by atoms with E-state index in [9.17, 15) is 13.2 Å². The maximum absolute atomic E-state index is 12.8. The lowest BCUT2D eigenvalue weighted by Gasteiger charge is -2.23. The zero-order chi connectivity index (χ0) is 13.7. The molecule has 1 aliphatic rings. The van der Waals surface area contributed by atoms with Gasteiger partial charge in [0.05, 0.1) is 5.56 Å². The lowest BCUT2D eigenvalue weighted by molar-refractivity contribution is -0.138. The molecule has 2 rings (SSSR count). The van der Waals surface area contributed by atoms with Crippen molar-refractivity contribution in [1.82, 2.24) is 10.6 Å². The van der Waals surface area contributed by atoms with E-state index in [0.29, 0.717) is 11.5 Å². The normalized spacial score (nSPS) is 16.8. The number of piperidine rings is 1. The lowest BCUT2D eigenvalue weighted by atomic mass is 9.98. The minimum atomic E-state index is -4.27. The Kier molecular flexibility index (Phi) is 6.79. The van der Waals surface area contributed by atoms with Gasteiger partial charge in [-0.2, -0.15) is 13.2 Å². The fraction of sp³-hybridized carbons (Fsp3) is 0.571. The van der Waals surface area contributed by atoms with Gasteiger partial charge in [-0.25, -0.2) is 0 Å². The van der Waals surface area contributed by atoms with Crippen molar-refractivity contribution in [3.8, 4) is 0 Å². The minimum Gasteiger partial charge on any atom is -0.317 e. The van der Waals surface area contributed by atoms with Crippen LogP contribution in [0.2, 0.25) is 0 Å². The second-order valence-electron chi connectivity index (χ2n) is 4.98. The minimum absolute atomic E-state index is 0. The summed E-state index contributed by atoms with van der Waals surface area (Å²) in [5.41, 5.74) is -0.211. The molecule has 0 unspecified atom stereocenters. The highest BCUT2D eigenvalue weighted by Crippen LogP contribution is 2.31. The van der Waals surface area contributed by atoms with Crippen LogP contribution in [0.25, 0.3) is 0 Å². The molecule has 2 nitrogen and oxygen atoms in total. The van der Waals surface area contributed by atoms with Gasteiger partial charge in [0, 0.05) is 6.54 Å². The van der Waals surface area contributed by atoms with Gasteiger partial charge >= 0.3 is 6.18 Å². The van der Waals surface area contributed by atoms with Crippen molar-refractivity contribution < 1.29 is 13.2 Å². The van der Waals surface area contributed by atoms with Gasteiger partial charge in [0.25, 0.3) is 0 Å². The monoisotopic (exact) mass is 308 g/mol. The average molecular weight is 309 g/mol.